The summed E-state index contributed by atoms with van der Waals surface area (Å²) in [4.78, 5) is 25.5. The Labute approximate surface area is 176 Å². The normalized spacial score (nSPS) is 10.5. The van der Waals surface area contributed by atoms with E-state index in [4.69, 9.17) is 9.47 Å². The van der Waals surface area contributed by atoms with Gasteiger partial charge in [0.05, 0.1) is 26.3 Å². The van der Waals surface area contributed by atoms with Gasteiger partial charge in [-0.2, -0.15) is 0 Å². The monoisotopic (exact) mass is 406 g/mol. The van der Waals surface area contributed by atoms with Crippen molar-refractivity contribution in [2.75, 3.05) is 14.2 Å². The third-order valence-electron chi connectivity index (χ3n) is 5.11. The molecule has 0 unspecified atom stereocenters. The summed E-state index contributed by atoms with van der Waals surface area (Å²) in [5.74, 6) is 1.32. The largest absolute Gasteiger partial charge is 0.497 e. The third kappa shape index (κ3) is 4.71. The molecule has 0 saturated carbocycles. The number of rotatable bonds is 7. The van der Waals surface area contributed by atoms with Gasteiger partial charge in [-0.3, -0.25) is 9.59 Å². The van der Waals surface area contributed by atoms with E-state index in [0.29, 0.717) is 29.9 Å². The van der Waals surface area contributed by atoms with Gasteiger partial charge in [0.2, 0.25) is 0 Å². The van der Waals surface area contributed by atoms with Gasteiger partial charge in [-0.25, -0.2) is 0 Å². The number of methoxy groups -OCH3 is 2. The minimum atomic E-state index is -0.204. The number of nitrogens with one attached hydrogen (secondary N) is 1. The summed E-state index contributed by atoms with van der Waals surface area (Å²) >= 11 is 0. The van der Waals surface area contributed by atoms with Crippen LogP contribution in [-0.2, 0) is 13.1 Å². The van der Waals surface area contributed by atoms with E-state index in [2.05, 4.69) is 5.32 Å². The highest BCUT2D eigenvalue weighted by Gasteiger charge is 2.17. The fourth-order valence-corrected chi connectivity index (χ4v) is 3.39. The summed E-state index contributed by atoms with van der Waals surface area (Å²) in [5, 5.41) is 2.95. The first-order valence-corrected chi connectivity index (χ1v) is 9.68. The minimum Gasteiger partial charge on any atom is -0.497 e. The maximum atomic E-state index is 12.9. The molecule has 3 rings (SSSR count). The van der Waals surface area contributed by atoms with Crippen LogP contribution in [-0.4, -0.2) is 24.7 Å². The number of ether oxygens (including phenoxy) is 2. The second-order valence-corrected chi connectivity index (χ2v) is 7.09. The average molecular weight is 406 g/mol. The molecule has 0 aliphatic rings. The summed E-state index contributed by atoms with van der Waals surface area (Å²) in [6.07, 6.45) is 0. The molecule has 0 bridgehead atoms. The smallest absolute Gasteiger partial charge is 0.253 e. The standard InChI is InChI=1S/C24H26N2O4/c1-16-13-22(27)26(15-19-7-11-21(30-4)12-8-19)17(2)23(16)24(28)25-14-18-5-9-20(29-3)10-6-18/h5-13H,14-15H2,1-4H3,(H,25,28). The van der Waals surface area contributed by atoms with Crippen LogP contribution in [0.4, 0.5) is 0 Å². The van der Waals surface area contributed by atoms with Gasteiger partial charge in [0, 0.05) is 18.3 Å². The van der Waals surface area contributed by atoms with Crippen LogP contribution >= 0.6 is 0 Å². The Hall–Kier alpha value is -3.54. The second kappa shape index (κ2) is 9.31. The lowest BCUT2D eigenvalue weighted by molar-refractivity contribution is 0.0948. The summed E-state index contributed by atoms with van der Waals surface area (Å²) in [7, 11) is 3.23. The Balaban J connectivity index is 1.81. The average Bonchev–Trinajstić information content (AvgIpc) is 2.75. The first kappa shape index (κ1) is 21.2. The van der Waals surface area contributed by atoms with Gasteiger partial charge < -0.3 is 19.4 Å². The molecule has 3 aromatic rings. The van der Waals surface area contributed by atoms with E-state index in [1.165, 1.54) is 6.07 Å². The summed E-state index contributed by atoms with van der Waals surface area (Å²) in [6.45, 7) is 4.36. The molecule has 6 heteroatoms. The van der Waals surface area contributed by atoms with Crippen molar-refractivity contribution >= 4 is 5.91 Å². The topological polar surface area (TPSA) is 69.6 Å². The van der Waals surface area contributed by atoms with Crippen LogP contribution in [0, 0.1) is 13.8 Å². The third-order valence-corrected chi connectivity index (χ3v) is 5.11. The Morgan fingerprint density at radius 3 is 1.97 bits per heavy atom. The van der Waals surface area contributed by atoms with Gasteiger partial charge in [0.25, 0.3) is 11.5 Å². The predicted molar refractivity (Wildman–Crippen MR) is 116 cm³/mol. The van der Waals surface area contributed by atoms with Crippen molar-refractivity contribution in [1.29, 1.82) is 0 Å². The van der Waals surface area contributed by atoms with E-state index >= 15 is 0 Å². The number of aromatic nitrogens is 1. The van der Waals surface area contributed by atoms with Gasteiger partial charge in [-0.1, -0.05) is 24.3 Å². The lowest BCUT2D eigenvalue weighted by Crippen LogP contribution is -2.30. The lowest BCUT2D eigenvalue weighted by Gasteiger charge is -2.17. The van der Waals surface area contributed by atoms with Crippen molar-refractivity contribution in [3.8, 4) is 11.5 Å². The number of nitrogens with zero attached hydrogens (tertiary/aromatic N) is 1. The van der Waals surface area contributed by atoms with Crippen molar-refractivity contribution in [3.05, 3.63) is 92.9 Å². The summed E-state index contributed by atoms with van der Waals surface area (Å²) in [6, 6.07) is 16.6. The number of hydrogen-bond acceptors (Lipinski definition) is 4. The Morgan fingerprint density at radius 2 is 1.43 bits per heavy atom. The molecule has 1 heterocycles. The number of hydrogen-bond donors (Lipinski definition) is 1. The highest BCUT2D eigenvalue weighted by Crippen LogP contribution is 2.16. The highest BCUT2D eigenvalue weighted by molar-refractivity contribution is 5.96. The molecule has 6 nitrogen and oxygen atoms in total. The van der Waals surface area contributed by atoms with Crippen molar-refractivity contribution in [2.45, 2.75) is 26.9 Å². The molecule has 0 saturated heterocycles. The van der Waals surface area contributed by atoms with E-state index in [-0.39, 0.29) is 11.5 Å². The molecule has 1 N–H and O–H groups in total. The molecule has 2 aromatic carbocycles. The number of carbonyl (C=O) groups is 1. The predicted octanol–water partition coefficient (Wildman–Crippen LogP) is 3.46. The number of pyridine rings is 1. The molecule has 0 fully saturated rings. The molecule has 0 radical (unpaired) electrons. The van der Waals surface area contributed by atoms with Crippen molar-refractivity contribution in [2.24, 2.45) is 0 Å². The minimum absolute atomic E-state index is 0.132. The molecule has 0 atom stereocenters. The molecule has 0 spiro atoms. The zero-order chi connectivity index (χ0) is 21.7. The van der Waals surface area contributed by atoms with Gasteiger partial charge in [0.1, 0.15) is 11.5 Å². The molecule has 1 amide bonds. The summed E-state index contributed by atoms with van der Waals surface area (Å²) in [5.41, 5.74) is 3.61. The van der Waals surface area contributed by atoms with E-state index in [1.54, 1.807) is 32.6 Å². The quantitative estimate of drug-likeness (QED) is 0.652. The summed E-state index contributed by atoms with van der Waals surface area (Å²) < 4.78 is 12.0. The van der Waals surface area contributed by atoms with Crippen LogP contribution in [0.25, 0.3) is 0 Å². The molecular formula is C24H26N2O4. The van der Waals surface area contributed by atoms with Crippen molar-refractivity contribution < 1.29 is 14.3 Å². The molecule has 0 aliphatic heterocycles. The van der Waals surface area contributed by atoms with Crippen LogP contribution < -0.4 is 20.3 Å². The number of carbonyl (C=O) groups excluding carboxylic acids is 1. The molecule has 0 aliphatic carbocycles. The molecule has 156 valence electrons. The van der Waals surface area contributed by atoms with Crippen molar-refractivity contribution in [1.82, 2.24) is 9.88 Å². The van der Waals surface area contributed by atoms with E-state index in [9.17, 15) is 9.59 Å². The lowest BCUT2D eigenvalue weighted by atomic mass is 10.1. The van der Waals surface area contributed by atoms with Gasteiger partial charge in [-0.05, 0) is 54.8 Å². The number of amides is 1. The molecule has 30 heavy (non-hydrogen) atoms. The number of aryl methyl sites for hydroxylation is 1. The van der Waals surface area contributed by atoms with Gasteiger partial charge in [0.15, 0.2) is 0 Å². The Kier molecular flexibility index (Phi) is 6.57. The molecular weight excluding hydrogens is 380 g/mol. The van der Waals surface area contributed by atoms with Gasteiger partial charge >= 0.3 is 0 Å². The Morgan fingerprint density at radius 1 is 0.900 bits per heavy atom. The van der Waals surface area contributed by atoms with Crippen LogP contribution in [0.2, 0.25) is 0 Å². The first-order valence-electron chi connectivity index (χ1n) is 9.68. The highest BCUT2D eigenvalue weighted by atomic mass is 16.5. The fourth-order valence-electron chi connectivity index (χ4n) is 3.39. The number of benzene rings is 2. The van der Waals surface area contributed by atoms with Crippen LogP contribution in [0.5, 0.6) is 11.5 Å². The van der Waals surface area contributed by atoms with Crippen LogP contribution in [0.1, 0.15) is 32.7 Å². The van der Waals surface area contributed by atoms with E-state index in [1.807, 2.05) is 48.5 Å². The Bertz CT molecular complexity index is 1080. The maximum absolute atomic E-state index is 12.9. The van der Waals surface area contributed by atoms with Crippen LogP contribution in [0.3, 0.4) is 0 Å². The van der Waals surface area contributed by atoms with Crippen molar-refractivity contribution in [3.63, 3.8) is 0 Å². The van der Waals surface area contributed by atoms with Gasteiger partial charge in [-0.15, -0.1) is 0 Å². The zero-order valence-corrected chi connectivity index (χ0v) is 17.7. The SMILES string of the molecule is COc1ccc(CNC(=O)c2c(C)cc(=O)n(Cc3ccc(OC)cc3)c2C)cc1. The van der Waals surface area contributed by atoms with E-state index < -0.39 is 0 Å². The zero-order valence-electron chi connectivity index (χ0n) is 17.7. The first-order chi connectivity index (χ1) is 14.4. The van der Waals surface area contributed by atoms with E-state index in [0.717, 1.165) is 22.6 Å². The fraction of sp³-hybridized carbons (Fsp3) is 0.250. The maximum Gasteiger partial charge on any atom is 0.253 e. The van der Waals surface area contributed by atoms with Crippen LogP contribution in [0.15, 0.2) is 59.4 Å². The second-order valence-electron chi connectivity index (χ2n) is 7.09. The molecule has 1 aromatic heterocycles.